The van der Waals surface area contributed by atoms with E-state index in [4.69, 9.17) is 4.42 Å². The second-order valence-electron chi connectivity index (χ2n) is 2.11. The maximum absolute atomic E-state index is 5.01. The zero-order valence-corrected chi connectivity index (χ0v) is 5.85. The summed E-state index contributed by atoms with van der Waals surface area (Å²) < 4.78 is 5.01. The third kappa shape index (κ3) is 1.31. The van der Waals surface area contributed by atoms with E-state index in [-0.39, 0.29) is 0 Å². The topological polar surface area (TPSA) is 26.0 Å². The number of aromatic nitrogens is 1. The second-order valence-corrected chi connectivity index (χ2v) is 2.11. The van der Waals surface area contributed by atoms with E-state index >= 15 is 0 Å². The number of rotatable bonds is 2. The molecule has 0 bridgehead atoms. The minimum absolute atomic E-state index is 0.955. The standard InChI is InChI=1S/C7H11NO/c1-3-4-7-6(2)9-5-8-7/h5H,3-4H2,1-2H3. The Labute approximate surface area is 54.9 Å². The molecule has 0 fully saturated rings. The largest absolute Gasteiger partial charge is 0.449 e. The Hall–Kier alpha value is -0.790. The molecule has 0 spiro atoms. The lowest BCUT2D eigenvalue weighted by atomic mass is 10.2. The third-order valence-corrected chi connectivity index (χ3v) is 1.33. The van der Waals surface area contributed by atoms with E-state index in [1.807, 2.05) is 6.92 Å². The van der Waals surface area contributed by atoms with E-state index < -0.39 is 0 Å². The Balaban J connectivity index is 2.69. The highest BCUT2D eigenvalue weighted by Gasteiger charge is 1.98. The van der Waals surface area contributed by atoms with Gasteiger partial charge in [-0.25, -0.2) is 4.98 Å². The molecule has 0 N–H and O–H groups in total. The van der Waals surface area contributed by atoms with Gasteiger partial charge in [-0.3, -0.25) is 0 Å². The van der Waals surface area contributed by atoms with Crippen LogP contribution in [0.2, 0.25) is 0 Å². The van der Waals surface area contributed by atoms with Crippen LogP contribution in [0.15, 0.2) is 10.8 Å². The smallest absolute Gasteiger partial charge is 0.181 e. The van der Waals surface area contributed by atoms with Crippen LogP contribution in [0.5, 0.6) is 0 Å². The van der Waals surface area contributed by atoms with E-state index in [1.54, 1.807) is 0 Å². The normalized spacial score (nSPS) is 10.0. The predicted octanol–water partition coefficient (Wildman–Crippen LogP) is 1.94. The van der Waals surface area contributed by atoms with Crippen LogP contribution in [0.4, 0.5) is 0 Å². The predicted molar refractivity (Wildman–Crippen MR) is 35.2 cm³/mol. The first-order chi connectivity index (χ1) is 4.34. The van der Waals surface area contributed by atoms with Gasteiger partial charge in [0.15, 0.2) is 6.39 Å². The van der Waals surface area contributed by atoms with Gasteiger partial charge in [-0.05, 0) is 13.3 Å². The summed E-state index contributed by atoms with van der Waals surface area (Å²) in [5.74, 6) is 0.955. The quantitative estimate of drug-likeness (QED) is 0.603. The Bertz CT molecular complexity index is 181. The lowest BCUT2D eigenvalue weighted by molar-refractivity contribution is 0.524. The zero-order valence-electron chi connectivity index (χ0n) is 5.85. The summed E-state index contributed by atoms with van der Waals surface area (Å²) in [6.45, 7) is 4.08. The highest BCUT2D eigenvalue weighted by molar-refractivity contribution is 5.04. The van der Waals surface area contributed by atoms with Crippen molar-refractivity contribution in [1.82, 2.24) is 4.98 Å². The molecule has 0 saturated heterocycles. The molecule has 0 atom stereocenters. The lowest BCUT2D eigenvalue weighted by Crippen LogP contribution is -1.84. The summed E-state index contributed by atoms with van der Waals surface area (Å²) in [5, 5.41) is 0. The maximum Gasteiger partial charge on any atom is 0.181 e. The van der Waals surface area contributed by atoms with Gasteiger partial charge in [-0.15, -0.1) is 0 Å². The first kappa shape index (κ1) is 6.33. The molecular formula is C7H11NO. The van der Waals surface area contributed by atoms with Crippen molar-refractivity contribution in [2.45, 2.75) is 26.7 Å². The fourth-order valence-corrected chi connectivity index (χ4v) is 0.805. The summed E-state index contributed by atoms with van der Waals surface area (Å²) in [6.07, 6.45) is 3.66. The van der Waals surface area contributed by atoms with E-state index in [1.165, 1.54) is 6.39 Å². The van der Waals surface area contributed by atoms with Crippen molar-refractivity contribution in [2.24, 2.45) is 0 Å². The summed E-state index contributed by atoms with van der Waals surface area (Å²) in [5.41, 5.74) is 1.09. The molecule has 0 amide bonds. The molecule has 0 unspecified atom stereocenters. The van der Waals surface area contributed by atoms with E-state index in [0.717, 1.165) is 24.3 Å². The van der Waals surface area contributed by atoms with Gasteiger partial charge in [-0.2, -0.15) is 0 Å². The molecule has 0 aromatic carbocycles. The number of hydrogen-bond acceptors (Lipinski definition) is 2. The molecule has 0 aliphatic heterocycles. The van der Waals surface area contributed by atoms with E-state index in [2.05, 4.69) is 11.9 Å². The summed E-state index contributed by atoms with van der Waals surface area (Å²) >= 11 is 0. The van der Waals surface area contributed by atoms with Gasteiger partial charge in [0.05, 0.1) is 5.69 Å². The summed E-state index contributed by atoms with van der Waals surface area (Å²) in [6, 6.07) is 0. The van der Waals surface area contributed by atoms with Crippen molar-refractivity contribution in [3.63, 3.8) is 0 Å². The van der Waals surface area contributed by atoms with E-state index in [0.29, 0.717) is 0 Å². The Kier molecular flexibility index (Phi) is 1.88. The third-order valence-electron chi connectivity index (χ3n) is 1.33. The first-order valence-electron chi connectivity index (χ1n) is 3.23. The summed E-state index contributed by atoms with van der Waals surface area (Å²) in [7, 11) is 0. The fraction of sp³-hybridized carbons (Fsp3) is 0.571. The Morgan fingerprint density at radius 2 is 2.44 bits per heavy atom. The lowest BCUT2D eigenvalue weighted by Gasteiger charge is -1.88. The molecule has 0 aliphatic carbocycles. The van der Waals surface area contributed by atoms with Crippen molar-refractivity contribution in [2.75, 3.05) is 0 Å². The summed E-state index contributed by atoms with van der Waals surface area (Å²) in [4.78, 5) is 4.04. The van der Waals surface area contributed by atoms with Crippen molar-refractivity contribution < 1.29 is 4.42 Å². The first-order valence-corrected chi connectivity index (χ1v) is 3.23. The SMILES string of the molecule is CCCc1ncoc1C. The van der Waals surface area contributed by atoms with E-state index in [9.17, 15) is 0 Å². The molecule has 1 aromatic rings. The number of aryl methyl sites for hydroxylation is 2. The van der Waals surface area contributed by atoms with Crippen LogP contribution in [-0.4, -0.2) is 4.98 Å². The van der Waals surface area contributed by atoms with Gasteiger partial charge in [-0.1, -0.05) is 13.3 Å². The molecule has 1 rings (SSSR count). The molecular weight excluding hydrogens is 114 g/mol. The molecule has 0 radical (unpaired) electrons. The van der Waals surface area contributed by atoms with Crippen molar-refractivity contribution in [3.05, 3.63) is 17.8 Å². The monoisotopic (exact) mass is 125 g/mol. The van der Waals surface area contributed by atoms with Crippen molar-refractivity contribution >= 4 is 0 Å². The molecule has 2 heteroatoms. The van der Waals surface area contributed by atoms with Gasteiger partial charge in [0.1, 0.15) is 5.76 Å². The van der Waals surface area contributed by atoms with Gasteiger partial charge >= 0.3 is 0 Å². The molecule has 1 aromatic heterocycles. The van der Waals surface area contributed by atoms with Gasteiger partial charge in [0, 0.05) is 0 Å². The van der Waals surface area contributed by atoms with Gasteiger partial charge < -0.3 is 4.42 Å². The van der Waals surface area contributed by atoms with Crippen LogP contribution in [0.25, 0.3) is 0 Å². The molecule has 50 valence electrons. The van der Waals surface area contributed by atoms with Crippen LogP contribution in [-0.2, 0) is 6.42 Å². The Morgan fingerprint density at radius 1 is 1.67 bits per heavy atom. The molecule has 9 heavy (non-hydrogen) atoms. The minimum Gasteiger partial charge on any atom is -0.449 e. The van der Waals surface area contributed by atoms with Crippen LogP contribution in [0.3, 0.4) is 0 Å². The van der Waals surface area contributed by atoms with Crippen molar-refractivity contribution in [3.8, 4) is 0 Å². The number of oxazole rings is 1. The molecule has 2 nitrogen and oxygen atoms in total. The molecule has 1 heterocycles. The zero-order chi connectivity index (χ0) is 6.69. The average Bonchev–Trinajstić information content (AvgIpc) is 2.18. The van der Waals surface area contributed by atoms with Crippen LogP contribution in [0, 0.1) is 6.92 Å². The van der Waals surface area contributed by atoms with Crippen LogP contribution < -0.4 is 0 Å². The Morgan fingerprint density at radius 3 is 2.89 bits per heavy atom. The van der Waals surface area contributed by atoms with Crippen LogP contribution in [0.1, 0.15) is 24.8 Å². The highest BCUT2D eigenvalue weighted by atomic mass is 16.3. The minimum atomic E-state index is 0.955. The van der Waals surface area contributed by atoms with Crippen molar-refractivity contribution in [1.29, 1.82) is 0 Å². The number of nitrogens with zero attached hydrogens (tertiary/aromatic N) is 1. The molecule has 0 saturated carbocycles. The average molecular weight is 125 g/mol. The van der Waals surface area contributed by atoms with Gasteiger partial charge in [0.25, 0.3) is 0 Å². The fourth-order valence-electron chi connectivity index (χ4n) is 0.805. The highest BCUT2D eigenvalue weighted by Crippen LogP contribution is 2.05. The maximum atomic E-state index is 5.01. The van der Waals surface area contributed by atoms with Crippen LogP contribution >= 0.6 is 0 Å². The second kappa shape index (κ2) is 2.67. The van der Waals surface area contributed by atoms with Gasteiger partial charge in [0.2, 0.25) is 0 Å². The number of hydrogen-bond donors (Lipinski definition) is 0. The molecule has 0 aliphatic rings.